The van der Waals surface area contributed by atoms with E-state index in [1.54, 1.807) is 24.3 Å². The molecule has 1 N–H and O–H groups in total. The first-order chi connectivity index (χ1) is 13.1. The maximum absolute atomic E-state index is 12.8. The van der Waals surface area contributed by atoms with Gasteiger partial charge < -0.3 is 4.74 Å². The summed E-state index contributed by atoms with van der Waals surface area (Å²) < 4.78 is 17.7. The lowest BCUT2D eigenvalue weighted by atomic mass is 9.87. The number of aryl methyl sites for hydroxylation is 1. The number of esters is 1. The summed E-state index contributed by atoms with van der Waals surface area (Å²) in [6.45, 7) is 5.66. The van der Waals surface area contributed by atoms with Crippen molar-refractivity contribution in [3.8, 4) is 0 Å². The Bertz CT molecular complexity index is 836. The molecule has 28 heavy (non-hydrogen) atoms. The first-order valence-corrected chi connectivity index (χ1v) is 9.00. The van der Waals surface area contributed by atoms with E-state index in [-0.39, 0.29) is 17.7 Å². The molecule has 0 saturated heterocycles. The van der Waals surface area contributed by atoms with Gasteiger partial charge in [-0.15, -0.1) is 0 Å². The summed E-state index contributed by atoms with van der Waals surface area (Å²) in [4.78, 5) is 35.6. The Kier molecular flexibility index (Phi) is 7.04. The number of benzene rings is 2. The molecule has 0 unspecified atom stereocenters. The predicted molar refractivity (Wildman–Crippen MR) is 103 cm³/mol. The second-order valence-corrected chi connectivity index (χ2v) is 7.49. The molecule has 0 atom stereocenters. The van der Waals surface area contributed by atoms with E-state index < -0.39 is 24.4 Å². The van der Waals surface area contributed by atoms with Crippen LogP contribution in [0.2, 0.25) is 0 Å². The van der Waals surface area contributed by atoms with Gasteiger partial charge in [0.05, 0.1) is 0 Å². The molecule has 0 fully saturated rings. The van der Waals surface area contributed by atoms with Crippen LogP contribution in [-0.4, -0.2) is 24.4 Å². The van der Waals surface area contributed by atoms with Crippen LogP contribution in [0.25, 0.3) is 0 Å². The fourth-order valence-electron chi connectivity index (χ4n) is 2.47. The number of rotatable bonds is 6. The van der Waals surface area contributed by atoms with Crippen molar-refractivity contribution in [1.29, 1.82) is 0 Å². The fourth-order valence-corrected chi connectivity index (χ4v) is 2.47. The van der Waals surface area contributed by atoms with Crippen LogP contribution in [0, 0.1) is 5.82 Å². The van der Waals surface area contributed by atoms with Gasteiger partial charge in [0, 0.05) is 12.0 Å². The third-order valence-corrected chi connectivity index (χ3v) is 4.16. The van der Waals surface area contributed by atoms with Gasteiger partial charge in [0.2, 0.25) is 0 Å². The van der Waals surface area contributed by atoms with E-state index in [0.29, 0.717) is 12.0 Å². The zero-order valence-corrected chi connectivity index (χ0v) is 16.3. The number of hydrogen-bond acceptors (Lipinski definition) is 4. The van der Waals surface area contributed by atoms with Crippen molar-refractivity contribution in [3.05, 3.63) is 71.0 Å². The smallest absolute Gasteiger partial charge is 0.306 e. The van der Waals surface area contributed by atoms with Gasteiger partial charge >= 0.3 is 5.97 Å². The summed E-state index contributed by atoms with van der Waals surface area (Å²) >= 11 is 0. The first-order valence-electron chi connectivity index (χ1n) is 9.00. The molecule has 2 rings (SSSR count). The Morgan fingerprint density at radius 3 is 2.14 bits per heavy atom. The molecule has 0 spiro atoms. The SMILES string of the molecule is CC(C)(C)c1ccc(C(=O)NC(=O)COC(=O)CCc2ccc(F)cc2)cc1. The molecule has 2 aromatic rings. The van der Waals surface area contributed by atoms with Crippen molar-refractivity contribution in [3.63, 3.8) is 0 Å². The highest BCUT2D eigenvalue weighted by atomic mass is 19.1. The minimum absolute atomic E-state index is 0.0348. The zero-order valence-electron chi connectivity index (χ0n) is 16.3. The molecular weight excluding hydrogens is 361 g/mol. The molecule has 148 valence electrons. The highest BCUT2D eigenvalue weighted by Crippen LogP contribution is 2.22. The second-order valence-electron chi connectivity index (χ2n) is 7.49. The molecule has 0 radical (unpaired) electrons. The summed E-state index contributed by atoms with van der Waals surface area (Å²) in [5.41, 5.74) is 2.18. The molecule has 0 aromatic heterocycles. The van der Waals surface area contributed by atoms with Gasteiger partial charge in [0.25, 0.3) is 11.8 Å². The standard InChI is InChI=1S/C22H24FNO4/c1-22(2,3)17-9-7-16(8-10-17)21(27)24-19(25)14-28-20(26)13-6-15-4-11-18(23)12-5-15/h4-5,7-12H,6,13-14H2,1-3H3,(H,24,25,27). The van der Waals surface area contributed by atoms with E-state index in [0.717, 1.165) is 11.1 Å². The molecule has 2 aromatic carbocycles. The third-order valence-electron chi connectivity index (χ3n) is 4.16. The molecule has 0 aliphatic carbocycles. The van der Waals surface area contributed by atoms with E-state index in [2.05, 4.69) is 26.1 Å². The summed E-state index contributed by atoms with van der Waals surface area (Å²) in [5, 5.41) is 2.19. The van der Waals surface area contributed by atoms with E-state index in [1.165, 1.54) is 12.1 Å². The summed E-state index contributed by atoms with van der Waals surface area (Å²) in [7, 11) is 0. The summed E-state index contributed by atoms with van der Waals surface area (Å²) in [6, 6.07) is 12.8. The maximum Gasteiger partial charge on any atom is 0.306 e. The molecule has 6 heteroatoms. The predicted octanol–water partition coefficient (Wildman–Crippen LogP) is 3.56. The second kappa shape index (κ2) is 9.26. The van der Waals surface area contributed by atoms with Gasteiger partial charge in [0.1, 0.15) is 5.82 Å². The Morgan fingerprint density at radius 2 is 1.57 bits per heavy atom. The number of carbonyl (C=O) groups excluding carboxylic acids is 3. The van der Waals surface area contributed by atoms with Gasteiger partial charge in [-0.1, -0.05) is 45.0 Å². The van der Waals surface area contributed by atoms with Crippen molar-refractivity contribution in [2.24, 2.45) is 0 Å². The normalized spacial score (nSPS) is 11.0. The van der Waals surface area contributed by atoms with Crippen LogP contribution in [0.15, 0.2) is 48.5 Å². The van der Waals surface area contributed by atoms with Crippen molar-refractivity contribution < 1.29 is 23.5 Å². The minimum atomic E-state index is -0.694. The summed E-state index contributed by atoms with van der Waals surface area (Å²) in [6.07, 6.45) is 0.431. The quantitative estimate of drug-likeness (QED) is 0.772. The molecule has 0 aliphatic heterocycles. The number of nitrogens with one attached hydrogen (secondary N) is 1. The van der Waals surface area contributed by atoms with E-state index in [9.17, 15) is 18.8 Å². The third kappa shape index (κ3) is 6.61. The molecule has 0 aliphatic rings. The molecule has 2 amide bonds. The van der Waals surface area contributed by atoms with Crippen LogP contribution < -0.4 is 5.32 Å². The number of imide groups is 1. The van der Waals surface area contributed by atoms with Gasteiger partial charge in [-0.05, 0) is 47.2 Å². The molecule has 5 nitrogen and oxygen atoms in total. The Labute approximate surface area is 163 Å². The zero-order chi connectivity index (χ0) is 20.7. The molecular formula is C22H24FNO4. The Balaban J connectivity index is 1.76. The fraction of sp³-hybridized carbons (Fsp3) is 0.318. The van der Waals surface area contributed by atoms with Crippen LogP contribution in [0.3, 0.4) is 0 Å². The van der Waals surface area contributed by atoms with E-state index in [4.69, 9.17) is 4.74 Å². The van der Waals surface area contributed by atoms with Crippen LogP contribution in [0.4, 0.5) is 4.39 Å². The molecule has 0 heterocycles. The van der Waals surface area contributed by atoms with Gasteiger partial charge in [-0.3, -0.25) is 19.7 Å². The number of amides is 2. The maximum atomic E-state index is 12.8. The van der Waals surface area contributed by atoms with Crippen molar-refractivity contribution in [1.82, 2.24) is 5.32 Å². The lowest BCUT2D eigenvalue weighted by Gasteiger charge is -2.18. The lowest BCUT2D eigenvalue weighted by molar-refractivity contribution is -0.148. The van der Waals surface area contributed by atoms with E-state index in [1.807, 2.05) is 12.1 Å². The lowest BCUT2D eigenvalue weighted by Crippen LogP contribution is -2.34. The van der Waals surface area contributed by atoms with Gasteiger partial charge in [-0.2, -0.15) is 0 Å². The average Bonchev–Trinajstić information content (AvgIpc) is 2.65. The van der Waals surface area contributed by atoms with E-state index >= 15 is 0 Å². The Morgan fingerprint density at radius 1 is 0.964 bits per heavy atom. The number of ether oxygens (including phenoxy) is 1. The Hall–Kier alpha value is -3.02. The monoisotopic (exact) mass is 385 g/mol. The van der Waals surface area contributed by atoms with Crippen molar-refractivity contribution in [2.75, 3.05) is 6.61 Å². The number of hydrogen-bond donors (Lipinski definition) is 1. The topological polar surface area (TPSA) is 72.5 Å². The highest BCUT2D eigenvalue weighted by Gasteiger charge is 2.16. The van der Waals surface area contributed by atoms with Crippen LogP contribution >= 0.6 is 0 Å². The van der Waals surface area contributed by atoms with Crippen molar-refractivity contribution in [2.45, 2.75) is 39.0 Å². The number of carbonyl (C=O) groups is 3. The largest absolute Gasteiger partial charge is 0.456 e. The minimum Gasteiger partial charge on any atom is -0.456 e. The van der Waals surface area contributed by atoms with Crippen molar-refractivity contribution >= 4 is 17.8 Å². The highest BCUT2D eigenvalue weighted by molar-refractivity contribution is 6.05. The van der Waals surface area contributed by atoms with Gasteiger partial charge in [0.15, 0.2) is 6.61 Å². The van der Waals surface area contributed by atoms with Gasteiger partial charge in [-0.25, -0.2) is 4.39 Å². The summed E-state index contributed by atoms with van der Waals surface area (Å²) in [5.74, 6) is -2.16. The number of halogens is 1. The van der Waals surface area contributed by atoms with Crippen LogP contribution in [0.5, 0.6) is 0 Å². The molecule has 0 bridgehead atoms. The van der Waals surface area contributed by atoms with Crippen LogP contribution in [0.1, 0.15) is 48.7 Å². The average molecular weight is 385 g/mol. The first kappa shape index (κ1) is 21.3. The van der Waals surface area contributed by atoms with Crippen LogP contribution in [-0.2, 0) is 26.2 Å². The molecule has 0 saturated carbocycles.